The zero-order chi connectivity index (χ0) is 9.68. The molecule has 0 atom stereocenters. The summed E-state index contributed by atoms with van der Waals surface area (Å²) in [5, 5.41) is 3.13. The van der Waals surface area contributed by atoms with Crippen molar-refractivity contribution in [2.24, 2.45) is 5.73 Å². The van der Waals surface area contributed by atoms with Crippen LogP contribution in [0.25, 0.3) is 0 Å². The summed E-state index contributed by atoms with van der Waals surface area (Å²) in [4.78, 5) is 0. The number of nitrogens with two attached hydrogens (primary N) is 1. The monoisotopic (exact) mass is 246 g/mol. The second-order valence-corrected chi connectivity index (χ2v) is 3.57. The van der Waals surface area contributed by atoms with Crippen molar-refractivity contribution in [1.29, 1.82) is 0 Å². The standard InChI is InChI=1S/C9H12BrFN2/c10-8-5-7(1-2-9(8)11)6-13-4-3-12/h1-2,5,13H,3-4,6,12H2. The number of hydrogen-bond acceptors (Lipinski definition) is 2. The molecule has 1 aromatic carbocycles. The molecule has 0 fully saturated rings. The maximum Gasteiger partial charge on any atom is 0.137 e. The fourth-order valence-electron chi connectivity index (χ4n) is 0.984. The van der Waals surface area contributed by atoms with E-state index >= 15 is 0 Å². The molecule has 1 aromatic rings. The predicted octanol–water partition coefficient (Wildman–Crippen LogP) is 1.64. The van der Waals surface area contributed by atoms with Crippen LogP contribution in [-0.4, -0.2) is 13.1 Å². The van der Waals surface area contributed by atoms with Gasteiger partial charge in [-0.2, -0.15) is 0 Å². The first kappa shape index (κ1) is 10.6. The van der Waals surface area contributed by atoms with Gasteiger partial charge in [-0.15, -0.1) is 0 Å². The van der Waals surface area contributed by atoms with Crippen LogP contribution >= 0.6 is 15.9 Å². The lowest BCUT2D eigenvalue weighted by Gasteiger charge is -2.03. The topological polar surface area (TPSA) is 38.0 Å². The third kappa shape index (κ3) is 3.42. The first-order chi connectivity index (χ1) is 6.24. The van der Waals surface area contributed by atoms with Gasteiger partial charge in [0.15, 0.2) is 0 Å². The van der Waals surface area contributed by atoms with E-state index in [-0.39, 0.29) is 5.82 Å². The Kier molecular flexibility index (Phi) is 4.35. The molecule has 0 aliphatic rings. The maximum absolute atomic E-state index is 12.8. The average molecular weight is 247 g/mol. The van der Waals surface area contributed by atoms with Crippen molar-refractivity contribution in [3.8, 4) is 0 Å². The highest BCUT2D eigenvalue weighted by molar-refractivity contribution is 9.10. The predicted molar refractivity (Wildman–Crippen MR) is 54.9 cm³/mol. The highest BCUT2D eigenvalue weighted by atomic mass is 79.9. The van der Waals surface area contributed by atoms with Gasteiger partial charge in [0.2, 0.25) is 0 Å². The van der Waals surface area contributed by atoms with Crippen LogP contribution in [0, 0.1) is 5.82 Å². The summed E-state index contributed by atoms with van der Waals surface area (Å²) in [5.41, 5.74) is 6.36. The summed E-state index contributed by atoms with van der Waals surface area (Å²) in [6.07, 6.45) is 0. The zero-order valence-corrected chi connectivity index (χ0v) is 8.77. The van der Waals surface area contributed by atoms with Gasteiger partial charge < -0.3 is 11.1 Å². The third-order valence-electron chi connectivity index (χ3n) is 1.63. The van der Waals surface area contributed by atoms with Gasteiger partial charge in [0, 0.05) is 19.6 Å². The summed E-state index contributed by atoms with van der Waals surface area (Å²) in [6.45, 7) is 2.10. The number of halogens is 2. The van der Waals surface area contributed by atoms with E-state index in [0.717, 1.165) is 18.7 Å². The number of nitrogens with one attached hydrogen (secondary N) is 1. The van der Waals surface area contributed by atoms with Crippen LogP contribution in [0.5, 0.6) is 0 Å². The van der Waals surface area contributed by atoms with Gasteiger partial charge in [0.05, 0.1) is 4.47 Å². The van der Waals surface area contributed by atoms with Gasteiger partial charge in [-0.3, -0.25) is 0 Å². The fourth-order valence-corrected chi connectivity index (χ4v) is 1.41. The van der Waals surface area contributed by atoms with Crippen LogP contribution < -0.4 is 11.1 Å². The minimum Gasteiger partial charge on any atom is -0.329 e. The SMILES string of the molecule is NCCNCc1ccc(F)c(Br)c1. The van der Waals surface area contributed by atoms with E-state index in [0.29, 0.717) is 11.0 Å². The van der Waals surface area contributed by atoms with Gasteiger partial charge in [-0.25, -0.2) is 4.39 Å². The number of benzene rings is 1. The third-order valence-corrected chi connectivity index (χ3v) is 2.24. The molecule has 0 spiro atoms. The van der Waals surface area contributed by atoms with E-state index in [1.807, 2.05) is 0 Å². The van der Waals surface area contributed by atoms with Crippen molar-refractivity contribution < 1.29 is 4.39 Å². The van der Waals surface area contributed by atoms with E-state index < -0.39 is 0 Å². The molecule has 0 heterocycles. The molecule has 72 valence electrons. The summed E-state index contributed by atoms with van der Waals surface area (Å²) in [6, 6.07) is 4.96. The second kappa shape index (κ2) is 5.32. The van der Waals surface area contributed by atoms with Crippen molar-refractivity contribution in [3.05, 3.63) is 34.1 Å². The molecule has 0 bridgehead atoms. The molecule has 0 amide bonds. The summed E-state index contributed by atoms with van der Waals surface area (Å²) in [7, 11) is 0. The smallest absolute Gasteiger partial charge is 0.137 e. The largest absolute Gasteiger partial charge is 0.329 e. The summed E-state index contributed by atoms with van der Waals surface area (Å²) in [5.74, 6) is -0.234. The summed E-state index contributed by atoms with van der Waals surface area (Å²) >= 11 is 3.13. The first-order valence-electron chi connectivity index (χ1n) is 4.08. The second-order valence-electron chi connectivity index (χ2n) is 2.71. The molecule has 3 N–H and O–H groups in total. The molecule has 2 nitrogen and oxygen atoms in total. The van der Waals surface area contributed by atoms with Crippen LogP contribution in [0.2, 0.25) is 0 Å². The van der Waals surface area contributed by atoms with E-state index in [1.54, 1.807) is 12.1 Å². The van der Waals surface area contributed by atoms with Crippen LogP contribution in [0.1, 0.15) is 5.56 Å². The lowest BCUT2D eigenvalue weighted by atomic mass is 10.2. The van der Waals surface area contributed by atoms with Crippen molar-refractivity contribution >= 4 is 15.9 Å². The Bertz CT molecular complexity index is 278. The zero-order valence-electron chi connectivity index (χ0n) is 7.19. The number of hydrogen-bond donors (Lipinski definition) is 2. The van der Waals surface area contributed by atoms with Gasteiger partial charge in [-0.05, 0) is 33.6 Å². The molecule has 0 saturated heterocycles. The molecule has 0 aliphatic heterocycles. The van der Waals surface area contributed by atoms with Crippen LogP contribution in [0.4, 0.5) is 4.39 Å². The number of rotatable bonds is 4. The van der Waals surface area contributed by atoms with E-state index in [1.165, 1.54) is 6.07 Å². The minimum atomic E-state index is -0.234. The van der Waals surface area contributed by atoms with E-state index in [4.69, 9.17) is 5.73 Å². The fraction of sp³-hybridized carbons (Fsp3) is 0.333. The Balaban J connectivity index is 2.53. The average Bonchev–Trinajstić information content (AvgIpc) is 2.12. The van der Waals surface area contributed by atoms with Crippen LogP contribution in [0.15, 0.2) is 22.7 Å². The molecule has 13 heavy (non-hydrogen) atoms. The maximum atomic E-state index is 12.8. The van der Waals surface area contributed by atoms with Crippen molar-refractivity contribution in [2.45, 2.75) is 6.54 Å². The van der Waals surface area contributed by atoms with Crippen molar-refractivity contribution in [1.82, 2.24) is 5.32 Å². The quantitative estimate of drug-likeness (QED) is 0.794. The molecular weight excluding hydrogens is 235 g/mol. The Morgan fingerprint density at radius 1 is 1.46 bits per heavy atom. The minimum absolute atomic E-state index is 0.234. The Morgan fingerprint density at radius 3 is 2.85 bits per heavy atom. The van der Waals surface area contributed by atoms with E-state index in [9.17, 15) is 4.39 Å². The molecular formula is C9H12BrFN2. The highest BCUT2D eigenvalue weighted by Gasteiger charge is 1.99. The normalized spacial score (nSPS) is 10.4. The van der Waals surface area contributed by atoms with Crippen LogP contribution in [-0.2, 0) is 6.54 Å². The van der Waals surface area contributed by atoms with Gasteiger partial charge >= 0.3 is 0 Å². The Morgan fingerprint density at radius 2 is 2.23 bits per heavy atom. The summed E-state index contributed by atoms with van der Waals surface area (Å²) < 4.78 is 13.3. The Hall–Kier alpha value is -0.450. The molecule has 0 unspecified atom stereocenters. The molecule has 4 heteroatoms. The molecule has 0 aliphatic carbocycles. The first-order valence-corrected chi connectivity index (χ1v) is 4.88. The molecule has 0 aromatic heterocycles. The van der Waals surface area contributed by atoms with Gasteiger partial charge in [0.1, 0.15) is 5.82 Å². The van der Waals surface area contributed by atoms with Gasteiger partial charge in [-0.1, -0.05) is 6.07 Å². The Labute approximate surface area is 85.4 Å². The van der Waals surface area contributed by atoms with Crippen molar-refractivity contribution in [3.63, 3.8) is 0 Å². The molecule has 1 rings (SSSR count). The van der Waals surface area contributed by atoms with Gasteiger partial charge in [0.25, 0.3) is 0 Å². The molecule has 0 radical (unpaired) electrons. The van der Waals surface area contributed by atoms with Crippen LogP contribution in [0.3, 0.4) is 0 Å². The van der Waals surface area contributed by atoms with E-state index in [2.05, 4.69) is 21.2 Å². The molecule has 0 saturated carbocycles. The highest BCUT2D eigenvalue weighted by Crippen LogP contribution is 2.16. The van der Waals surface area contributed by atoms with Crippen molar-refractivity contribution in [2.75, 3.05) is 13.1 Å². The lowest BCUT2D eigenvalue weighted by molar-refractivity contribution is 0.618. The lowest BCUT2D eigenvalue weighted by Crippen LogP contribution is -2.21.